The summed E-state index contributed by atoms with van der Waals surface area (Å²) in [5, 5.41) is 10.4. The minimum Gasteiger partial charge on any atom is -0.390 e. The SMILES string of the molecule is CC1CCC=C2C(=O)C=CC(C(C)(C)O)[C@]21C. The molecule has 0 saturated heterocycles. The zero-order chi connectivity index (χ0) is 12.8. The number of ketones is 1. The van der Waals surface area contributed by atoms with Crippen molar-refractivity contribution in [2.24, 2.45) is 17.3 Å². The fraction of sp³-hybridized carbons (Fsp3) is 0.667. The van der Waals surface area contributed by atoms with Gasteiger partial charge in [-0.15, -0.1) is 0 Å². The quantitative estimate of drug-likeness (QED) is 0.757. The molecule has 0 saturated carbocycles. The molecular weight excluding hydrogens is 212 g/mol. The molecule has 0 amide bonds. The maximum Gasteiger partial charge on any atom is 0.181 e. The third-order valence-electron chi connectivity index (χ3n) is 4.66. The highest BCUT2D eigenvalue weighted by Crippen LogP contribution is 2.53. The van der Waals surface area contributed by atoms with E-state index in [0.717, 1.165) is 18.4 Å². The molecule has 3 atom stereocenters. The van der Waals surface area contributed by atoms with Crippen LogP contribution in [0.3, 0.4) is 0 Å². The Hall–Kier alpha value is -0.890. The van der Waals surface area contributed by atoms with E-state index in [1.807, 2.05) is 19.9 Å². The summed E-state index contributed by atoms with van der Waals surface area (Å²) in [5.41, 5.74) is -0.107. The average molecular weight is 234 g/mol. The van der Waals surface area contributed by atoms with Gasteiger partial charge in [-0.2, -0.15) is 0 Å². The van der Waals surface area contributed by atoms with Crippen LogP contribution < -0.4 is 0 Å². The molecule has 0 aromatic carbocycles. The summed E-state index contributed by atoms with van der Waals surface area (Å²) in [7, 11) is 0. The van der Waals surface area contributed by atoms with Gasteiger partial charge in [0.25, 0.3) is 0 Å². The number of carbonyl (C=O) groups excluding carboxylic acids is 1. The van der Waals surface area contributed by atoms with Crippen LogP contribution in [0.1, 0.15) is 40.5 Å². The summed E-state index contributed by atoms with van der Waals surface area (Å²) in [6, 6.07) is 0. The second kappa shape index (κ2) is 3.81. The lowest BCUT2D eigenvalue weighted by Gasteiger charge is -2.50. The lowest BCUT2D eigenvalue weighted by Crippen LogP contribution is -2.50. The zero-order valence-corrected chi connectivity index (χ0v) is 11.2. The first kappa shape index (κ1) is 12.6. The van der Waals surface area contributed by atoms with Crippen molar-refractivity contribution in [3.05, 3.63) is 23.8 Å². The first-order valence-corrected chi connectivity index (χ1v) is 6.43. The minimum atomic E-state index is -0.795. The van der Waals surface area contributed by atoms with Crippen molar-refractivity contribution in [2.75, 3.05) is 0 Å². The summed E-state index contributed by atoms with van der Waals surface area (Å²) in [4.78, 5) is 12.0. The van der Waals surface area contributed by atoms with Gasteiger partial charge < -0.3 is 5.11 Å². The Morgan fingerprint density at radius 3 is 2.71 bits per heavy atom. The average Bonchev–Trinajstić information content (AvgIpc) is 2.19. The fourth-order valence-corrected chi connectivity index (χ4v) is 3.55. The van der Waals surface area contributed by atoms with Gasteiger partial charge in [-0.1, -0.05) is 26.0 Å². The van der Waals surface area contributed by atoms with Crippen LogP contribution in [0.2, 0.25) is 0 Å². The summed E-state index contributed by atoms with van der Waals surface area (Å²) < 4.78 is 0. The molecule has 0 aliphatic heterocycles. The molecule has 0 heterocycles. The molecule has 2 aliphatic carbocycles. The number of hydrogen-bond donors (Lipinski definition) is 1. The van der Waals surface area contributed by atoms with Gasteiger partial charge in [0.05, 0.1) is 5.60 Å². The molecule has 17 heavy (non-hydrogen) atoms. The molecule has 2 rings (SSSR count). The standard InChI is InChI=1S/C15H22O2/c1-10-6-5-7-11-12(16)8-9-13(14(2,3)17)15(10,11)4/h7-10,13,17H,5-6H2,1-4H3/t10?,13?,15-/m0/s1. The van der Waals surface area contributed by atoms with Crippen LogP contribution >= 0.6 is 0 Å². The van der Waals surface area contributed by atoms with E-state index in [2.05, 4.69) is 19.9 Å². The molecule has 94 valence electrons. The molecule has 1 N–H and O–H groups in total. The Bertz CT molecular complexity index is 398. The molecule has 2 unspecified atom stereocenters. The van der Waals surface area contributed by atoms with Crippen molar-refractivity contribution in [3.63, 3.8) is 0 Å². The van der Waals surface area contributed by atoms with E-state index >= 15 is 0 Å². The number of rotatable bonds is 1. The van der Waals surface area contributed by atoms with Gasteiger partial charge >= 0.3 is 0 Å². The van der Waals surface area contributed by atoms with Gasteiger partial charge in [0, 0.05) is 16.9 Å². The Labute approximate surface area is 103 Å². The van der Waals surface area contributed by atoms with Crippen molar-refractivity contribution < 1.29 is 9.90 Å². The van der Waals surface area contributed by atoms with Crippen molar-refractivity contribution in [2.45, 2.75) is 46.1 Å². The molecule has 2 aliphatic rings. The van der Waals surface area contributed by atoms with Gasteiger partial charge in [0.15, 0.2) is 5.78 Å². The minimum absolute atomic E-state index is 0.00856. The second-order valence-corrected chi connectivity index (χ2v) is 6.23. The maximum absolute atomic E-state index is 12.0. The van der Waals surface area contributed by atoms with Crippen molar-refractivity contribution in [3.8, 4) is 0 Å². The lowest BCUT2D eigenvalue weighted by atomic mass is 9.54. The first-order valence-electron chi connectivity index (χ1n) is 6.43. The van der Waals surface area contributed by atoms with Crippen LogP contribution in [-0.2, 0) is 4.79 Å². The molecule has 0 bridgehead atoms. The number of carbonyl (C=O) groups is 1. The molecule has 0 aromatic heterocycles. The highest BCUT2D eigenvalue weighted by molar-refractivity contribution is 6.06. The molecule has 2 heteroatoms. The van der Waals surface area contributed by atoms with Crippen LogP contribution in [0.4, 0.5) is 0 Å². The van der Waals surface area contributed by atoms with Crippen LogP contribution in [-0.4, -0.2) is 16.5 Å². The lowest BCUT2D eigenvalue weighted by molar-refractivity contribution is -0.115. The molecular formula is C15H22O2. The monoisotopic (exact) mass is 234 g/mol. The molecule has 2 nitrogen and oxygen atoms in total. The Kier molecular flexibility index (Phi) is 2.81. The zero-order valence-electron chi connectivity index (χ0n) is 11.2. The van der Waals surface area contributed by atoms with E-state index in [1.165, 1.54) is 0 Å². The first-order chi connectivity index (χ1) is 7.78. The van der Waals surface area contributed by atoms with E-state index in [4.69, 9.17) is 0 Å². The maximum atomic E-state index is 12.0. The third kappa shape index (κ3) is 1.79. The van der Waals surface area contributed by atoms with Crippen molar-refractivity contribution >= 4 is 5.78 Å². The largest absolute Gasteiger partial charge is 0.390 e. The smallest absolute Gasteiger partial charge is 0.181 e. The van der Waals surface area contributed by atoms with Gasteiger partial charge in [0.1, 0.15) is 0 Å². The van der Waals surface area contributed by atoms with Crippen LogP contribution in [0.5, 0.6) is 0 Å². The molecule has 0 spiro atoms. The number of allylic oxidation sites excluding steroid dienone is 3. The van der Waals surface area contributed by atoms with Crippen molar-refractivity contribution in [1.29, 1.82) is 0 Å². The predicted octanol–water partition coefficient (Wildman–Crippen LogP) is 2.88. The van der Waals surface area contributed by atoms with E-state index in [9.17, 15) is 9.90 Å². The summed E-state index contributed by atoms with van der Waals surface area (Å²) >= 11 is 0. The predicted molar refractivity (Wildman–Crippen MR) is 68.5 cm³/mol. The van der Waals surface area contributed by atoms with E-state index in [1.54, 1.807) is 6.08 Å². The summed E-state index contributed by atoms with van der Waals surface area (Å²) in [6.45, 7) is 7.99. The van der Waals surface area contributed by atoms with Crippen LogP contribution in [0, 0.1) is 17.3 Å². The number of fused-ring (bicyclic) bond motifs is 1. The fourth-order valence-electron chi connectivity index (χ4n) is 3.55. The second-order valence-electron chi connectivity index (χ2n) is 6.23. The van der Waals surface area contributed by atoms with Gasteiger partial charge in [-0.25, -0.2) is 0 Å². The van der Waals surface area contributed by atoms with Gasteiger partial charge in [-0.05, 0) is 38.7 Å². The Morgan fingerprint density at radius 1 is 1.47 bits per heavy atom. The van der Waals surface area contributed by atoms with Crippen molar-refractivity contribution in [1.82, 2.24) is 0 Å². The number of aliphatic hydroxyl groups is 1. The summed E-state index contributed by atoms with van der Waals surface area (Å²) in [6.07, 6.45) is 7.68. The Morgan fingerprint density at radius 2 is 2.12 bits per heavy atom. The highest BCUT2D eigenvalue weighted by Gasteiger charge is 2.51. The normalized spacial score (nSPS) is 37.7. The topological polar surface area (TPSA) is 37.3 Å². The van der Waals surface area contributed by atoms with Crippen LogP contribution in [0.15, 0.2) is 23.8 Å². The molecule has 0 aromatic rings. The van der Waals surface area contributed by atoms with Gasteiger partial charge in [0.2, 0.25) is 0 Å². The molecule has 0 radical (unpaired) electrons. The van der Waals surface area contributed by atoms with E-state index in [0.29, 0.717) is 5.92 Å². The van der Waals surface area contributed by atoms with Gasteiger partial charge in [-0.3, -0.25) is 4.79 Å². The summed E-state index contributed by atoms with van der Waals surface area (Å²) in [5.74, 6) is 0.557. The van der Waals surface area contributed by atoms with E-state index in [-0.39, 0.29) is 17.1 Å². The Balaban J connectivity index is 2.56. The van der Waals surface area contributed by atoms with E-state index < -0.39 is 5.60 Å². The molecule has 0 fully saturated rings. The third-order valence-corrected chi connectivity index (χ3v) is 4.66. The number of hydrogen-bond acceptors (Lipinski definition) is 2. The van der Waals surface area contributed by atoms with Crippen LogP contribution in [0.25, 0.3) is 0 Å². The highest BCUT2D eigenvalue weighted by atomic mass is 16.3.